The second-order valence-corrected chi connectivity index (χ2v) is 5.08. The van der Waals surface area contributed by atoms with Gasteiger partial charge in [-0.1, -0.05) is 30.3 Å². The summed E-state index contributed by atoms with van der Waals surface area (Å²) in [6, 6.07) is 11.8. The van der Waals surface area contributed by atoms with E-state index < -0.39 is 16.4 Å². The van der Waals surface area contributed by atoms with Gasteiger partial charge in [-0.3, -0.25) is 10.1 Å². The van der Waals surface area contributed by atoms with E-state index in [1.807, 2.05) is 37.3 Å². The molecule has 0 saturated carbocycles. The lowest BCUT2D eigenvalue weighted by molar-refractivity contribution is -0.387. The van der Waals surface area contributed by atoms with E-state index in [0.717, 1.165) is 17.7 Å². The Morgan fingerprint density at radius 2 is 1.96 bits per heavy atom. The molecule has 0 aliphatic rings. The fourth-order valence-corrected chi connectivity index (χ4v) is 2.35. The molecule has 1 atom stereocenters. The molecule has 0 amide bonds. The number of benzene rings is 2. The molecule has 0 bridgehead atoms. The summed E-state index contributed by atoms with van der Waals surface area (Å²) >= 11 is 0. The molecule has 116 valence electrons. The minimum atomic E-state index is -0.914. The molecule has 0 unspecified atom stereocenters. The van der Waals surface area contributed by atoms with E-state index in [4.69, 9.17) is 0 Å². The molecule has 7 heteroatoms. The highest BCUT2D eigenvalue weighted by molar-refractivity contribution is 5.90. The molecule has 1 aromatic heterocycles. The molecule has 3 rings (SSSR count). The molecule has 2 aromatic carbocycles. The predicted molar refractivity (Wildman–Crippen MR) is 84.6 cm³/mol. The largest absolute Gasteiger partial charge is 0.363 e. The fourth-order valence-electron chi connectivity index (χ4n) is 2.35. The number of rotatable bonds is 4. The molecule has 0 aliphatic carbocycles. The number of halogens is 1. The maximum Gasteiger partial charge on any atom is 0.305 e. The fraction of sp³-hybridized carbons (Fsp3) is 0.125. The van der Waals surface area contributed by atoms with Crippen LogP contribution in [0.5, 0.6) is 0 Å². The van der Waals surface area contributed by atoms with Crippen LogP contribution in [0.3, 0.4) is 0 Å². The first-order valence-corrected chi connectivity index (χ1v) is 6.96. The zero-order chi connectivity index (χ0) is 16.4. The number of hydrogen-bond acceptors (Lipinski definition) is 5. The minimum Gasteiger partial charge on any atom is -0.363 e. The molecule has 6 nitrogen and oxygen atoms in total. The first-order valence-electron chi connectivity index (χ1n) is 6.96. The minimum absolute atomic E-state index is 0.0709. The Balaban J connectivity index is 2.04. The van der Waals surface area contributed by atoms with E-state index in [1.165, 1.54) is 6.33 Å². The number of fused-ring (bicyclic) bond motifs is 1. The van der Waals surface area contributed by atoms with E-state index in [9.17, 15) is 14.5 Å². The van der Waals surface area contributed by atoms with Gasteiger partial charge in [0.15, 0.2) is 0 Å². The number of aromatic nitrogens is 2. The average Bonchev–Trinajstić information content (AvgIpc) is 2.55. The Labute approximate surface area is 131 Å². The Hall–Kier alpha value is -3.09. The second-order valence-electron chi connectivity index (χ2n) is 5.08. The van der Waals surface area contributed by atoms with Crippen LogP contribution in [0.15, 0.2) is 48.8 Å². The number of nitrogens with one attached hydrogen (secondary N) is 1. The van der Waals surface area contributed by atoms with Gasteiger partial charge in [0.05, 0.1) is 10.4 Å². The summed E-state index contributed by atoms with van der Waals surface area (Å²) in [7, 11) is 0. The molecule has 0 radical (unpaired) electrons. The van der Waals surface area contributed by atoms with E-state index in [2.05, 4.69) is 15.3 Å². The van der Waals surface area contributed by atoms with Gasteiger partial charge >= 0.3 is 5.69 Å². The van der Waals surface area contributed by atoms with Gasteiger partial charge in [-0.15, -0.1) is 0 Å². The Bertz CT molecular complexity index is 871. The molecular weight excluding hydrogens is 299 g/mol. The van der Waals surface area contributed by atoms with Crippen molar-refractivity contribution < 1.29 is 9.31 Å². The third kappa shape index (κ3) is 2.94. The zero-order valence-electron chi connectivity index (χ0n) is 12.2. The van der Waals surface area contributed by atoms with Crippen LogP contribution in [0.25, 0.3) is 10.9 Å². The first-order chi connectivity index (χ1) is 11.1. The van der Waals surface area contributed by atoms with Gasteiger partial charge in [0.25, 0.3) is 0 Å². The summed E-state index contributed by atoms with van der Waals surface area (Å²) in [5.74, 6) is -0.488. The van der Waals surface area contributed by atoms with Crippen LogP contribution < -0.4 is 5.32 Å². The van der Waals surface area contributed by atoms with Gasteiger partial charge in [0.1, 0.15) is 12.1 Å². The highest BCUT2D eigenvalue weighted by Gasteiger charge is 2.18. The van der Waals surface area contributed by atoms with Crippen molar-refractivity contribution in [1.82, 2.24) is 9.97 Å². The van der Waals surface area contributed by atoms with Crippen molar-refractivity contribution in [3.05, 3.63) is 70.3 Å². The lowest BCUT2D eigenvalue weighted by Gasteiger charge is -2.16. The Morgan fingerprint density at radius 3 is 2.65 bits per heavy atom. The summed E-state index contributed by atoms with van der Waals surface area (Å²) in [4.78, 5) is 18.3. The van der Waals surface area contributed by atoms with Gasteiger partial charge < -0.3 is 5.32 Å². The summed E-state index contributed by atoms with van der Waals surface area (Å²) in [6.07, 6.45) is 1.30. The summed E-state index contributed by atoms with van der Waals surface area (Å²) in [5, 5.41) is 14.5. The number of anilines is 1. The van der Waals surface area contributed by atoms with E-state index in [-0.39, 0.29) is 6.04 Å². The third-order valence-electron chi connectivity index (χ3n) is 3.55. The number of nitrogens with zero attached hydrogens (tertiary/aromatic N) is 3. The molecule has 1 heterocycles. The molecule has 1 N–H and O–H groups in total. The Kier molecular flexibility index (Phi) is 3.84. The van der Waals surface area contributed by atoms with E-state index >= 15 is 0 Å². The van der Waals surface area contributed by atoms with Crippen molar-refractivity contribution in [3.63, 3.8) is 0 Å². The molecule has 0 saturated heterocycles. The average molecular weight is 312 g/mol. The van der Waals surface area contributed by atoms with Crippen molar-refractivity contribution in [2.75, 3.05) is 5.32 Å². The number of nitro benzene ring substituents is 1. The van der Waals surface area contributed by atoms with Gasteiger partial charge in [0, 0.05) is 23.6 Å². The molecule has 0 spiro atoms. The van der Waals surface area contributed by atoms with Crippen LogP contribution in [0.2, 0.25) is 0 Å². The van der Waals surface area contributed by atoms with Gasteiger partial charge in [0.2, 0.25) is 5.82 Å². The van der Waals surface area contributed by atoms with Crippen LogP contribution in [-0.2, 0) is 0 Å². The Morgan fingerprint density at radius 1 is 1.22 bits per heavy atom. The molecular formula is C16H13FN4O2. The normalized spacial score (nSPS) is 12.1. The first kappa shape index (κ1) is 14.8. The lowest BCUT2D eigenvalue weighted by atomic mass is 10.1. The second kappa shape index (κ2) is 5.96. The van der Waals surface area contributed by atoms with Crippen LogP contribution >= 0.6 is 0 Å². The SMILES string of the molecule is C[C@@H](Nc1ncnc2cc(F)c([N+](=O)[O-])cc12)c1ccccc1. The van der Waals surface area contributed by atoms with E-state index in [1.54, 1.807) is 0 Å². The van der Waals surface area contributed by atoms with E-state index in [0.29, 0.717) is 16.7 Å². The van der Waals surface area contributed by atoms with Gasteiger partial charge in [-0.2, -0.15) is 4.39 Å². The summed E-state index contributed by atoms with van der Waals surface area (Å²) in [6.45, 7) is 1.95. The topological polar surface area (TPSA) is 81.0 Å². The smallest absolute Gasteiger partial charge is 0.305 e. The van der Waals surface area contributed by atoms with Gasteiger partial charge in [-0.25, -0.2) is 9.97 Å². The van der Waals surface area contributed by atoms with Crippen LogP contribution in [0.1, 0.15) is 18.5 Å². The third-order valence-corrected chi connectivity index (χ3v) is 3.55. The van der Waals surface area contributed by atoms with Crippen molar-refractivity contribution in [2.45, 2.75) is 13.0 Å². The number of nitro groups is 1. The zero-order valence-corrected chi connectivity index (χ0v) is 12.2. The van der Waals surface area contributed by atoms with Crippen LogP contribution in [0, 0.1) is 15.9 Å². The number of hydrogen-bond donors (Lipinski definition) is 1. The molecule has 0 fully saturated rings. The standard InChI is InChI=1S/C16H13FN4O2/c1-10(11-5-3-2-4-6-11)20-16-12-7-15(21(22)23)13(17)8-14(12)18-9-19-16/h2-10H,1H3,(H,18,19,20)/t10-/m1/s1. The maximum absolute atomic E-state index is 13.7. The lowest BCUT2D eigenvalue weighted by Crippen LogP contribution is -2.08. The molecule has 23 heavy (non-hydrogen) atoms. The van der Waals surface area contributed by atoms with Crippen molar-refractivity contribution in [3.8, 4) is 0 Å². The van der Waals surface area contributed by atoms with Gasteiger partial charge in [-0.05, 0) is 12.5 Å². The molecule has 0 aliphatic heterocycles. The van der Waals surface area contributed by atoms with Crippen molar-refractivity contribution in [2.24, 2.45) is 0 Å². The predicted octanol–water partition coefficient (Wildman–Crippen LogP) is 3.85. The summed E-state index contributed by atoms with van der Waals surface area (Å²) in [5.41, 5.74) is 0.754. The quantitative estimate of drug-likeness (QED) is 0.584. The van der Waals surface area contributed by atoms with Crippen LogP contribution in [-0.4, -0.2) is 14.9 Å². The van der Waals surface area contributed by atoms with Crippen molar-refractivity contribution in [1.29, 1.82) is 0 Å². The van der Waals surface area contributed by atoms with Crippen molar-refractivity contribution >= 4 is 22.4 Å². The monoisotopic (exact) mass is 312 g/mol. The highest BCUT2D eigenvalue weighted by atomic mass is 19.1. The maximum atomic E-state index is 13.7. The highest BCUT2D eigenvalue weighted by Crippen LogP contribution is 2.29. The molecule has 3 aromatic rings. The summed E-state index contributed by atoms with van der Waals surface area (Å²) < 4.78 is 13.7. The van der Waals surface area contributed by atoms with Crippen LogP contribution in [0.4, 0.5) is 15.9 Å².